The van der Waals surface area contributed by atoms with Crippen molar-refractivity contribution in [2.45, 2.75) is 19.9 Å². The van der Waals surface area contributed by atoms with E-state index in [1.807, 2.05) is 24.3 Å². The number of carbonyl (C=O) groups excluding carboxylic acids is 1. The van der Waals surface area contributed by atoms with Gasteiger partial charge in [0.05, 0.1) is 7.11 Å². The van der Waals surface area contributed by atoms with Crippen LogP contribution >= 0.6 is 0 Å². The number of nitrogens with one attached hydrogen (secondary N) is 1. The highest BCUT2D eigenvalue weighted by Gasteiger charge is 2.21. The molecule has 1 aromatic heterocycles. The zero-order chi connectivity index (χ0) is 19.2. The topological polar surface area (TPSA) is 70.8 Å². The minimum Gasteiger partial charge on any atom is -0.497 e. The predicted molar refractivity (Wildman–Crippen MR) is 104 cm³/mol. The second-order valence-electron chi connectivity index (χ2n) is 6.83. The highest BCUT2D eigenvalue weighted by molar-refractivity contribution is 5.93. The molecule has 2 heterocycles. The van der Waals surface area contributed by atoms with E-state index in [0.29, 0.717) is 24.0 Å². The van der Waals surface area contributed by atoms with Gasteiger partial charge in [0.2, 0.25) is 0 Å². The van der Waals surface area contributed by atoms with E-state index in [0.717, 1.165) is 44.0 Å². The molecule has 1 aromatic carbocycles. The molecule has 0 aliphatic carbocycles. The van der Waals surface area contributed by atoms with Crippen molar-refractivity contribution < 1.29 is 14.1 Å². The van der Waals surface area contributed by atoms with Crippen LogP contribution in [0.4, 0.5) is 0 Å². The first kappa shape index (κ1) is 19.4. The Labute approximate surface area is 160 Å². The van der Waals surface area contributed by atoms with Gasteiger partial charge in [0.15, 0.2) is 11.5 Å². The van der Waals surface area contributed by atoms with E-state index in [-0.39, 0.29) is 5.91 Å². The number of ether oxygens (including phenoxy) is 1. The fourth-order valence-corrected chi connectivity index (χ4v) is 3.25. The first-order valence-electron chi connectivity index (χ1n) is 9.46. The van der Waals surface area contributed by atoms with Crippen molar-refractivity contribution in [1.29, 1.82) is 0 Å². The molecule has 146 valence electrons. The Bertz CT molecular complexity index is 736. The molecular weight excluding hydrogens is 344 g/mol. The molecule has 3 rings (SSSR count). The molecule has 0 unspecified atom stereocenters. The minimum atomic E-state index is -0.211. The Morgan fingerprint density at radius 1 is 1.26 bits per heavy atom. The molecule has 1 fully saturated rings. The second-order valence-corrected chi connectivity index (χ2v) is 6.83. The van der Waals surface area contributed by atoms with Crippen LogP contribution in [0.5, 0.6) is 5.75 Å². The number of methoxy groups -OCH3 is 1. The minimum absolute atomic E-state index is 0.211. The van der Waals surface area contributed by atoms with Crippen molar-refractivity contribution in [3.63, 3.8) is 0 Å². The predicted octanol–water partition coefficient (Wildman–Crippen LogP) is 2.11. The van der Waals surface area contributed by atoms with Gasteiger partial charge in [-0.25, -0.2) is 0 Å². The molecule has 1 aliphatic heterocycles. The summed E-state index contributed by atoms with van der Waals surface area (Å²) < 4.78 is 10.5. The number of likely N-dealkylation sites (N-methyl/N-ethyl adjacent to an activating group) is 1. The second kappa shape index (κ2) is 9.01. The number of rotatable bonds is 7. The van der Waals surface area contributed by atoms with Gasteiger partial charge in [-0.2, -0.15) is 0 Å². The van der Waals surface area contributed by atoms with Crippen LogP contribution in [-0.4, -0.2) is 73.3 Å². The summed E-state index contributed by atoms with van der Waals surface area (Å²) in [5.74, 6) is 1.12. The number of aromatic nitrogens is 1. The molecular formula is C20H28N4O3. The summed E-state index contributed by atoms with van der Waals surface area (Å²) >= 11 is 0. The number of carbonyl (C=O) groups is 1. The van der Waals surface area contributed by atoms with Crippen molar-refractivity contribution in [3.8, 4) is 17.1 Å². The lowest BCUT2D eigenvalue weighted by atomic mass is 10.1. The smallest absolute Gasteiger partial charge is 0.273 e. The fourth-order valence-electron chi connectivity index (χ4n) is 3.25. The molecule has 1 amide bonds. The van der Waals surface area contributed by atoms with E-state index >= 15 is 0 Å². The van der Waals surface area contributed by atoms with E-state index in [1.54, 1.807) is 13.2 Å². The van der Waals surface area contributed by atoms with E-state index in [1.165, 1.54) is 0 Å². The normalized spacial score (nSPS) is 16.9. The maximum Gasteiger partial charge on any atom is 0.273 e. The van der Waals surface area contributed by atoms with Crippen LogP contribution in [0.15, 0.2) is 34.9 Å². The molecule has 1 aliphatic rings. The Morgan fingerprint density at radius 2 is 1.96 bits per heavy atom. The van der Waals surface area contributed by atoms with Crippen LogP contribution in [0, 0.1) is 0 Å². The first-order valence-corrected chi connectivity index (χ1v) is 9.46. The molecule has 7 heteroatoms. The van der Waals surface area contributed by atoms with Gasteiger partial charge in [0.1, 0.15) is 5.75 Å². The summed E-state index contributed by atoms with van der Waals surface area (Å²) in [6.45, 7) is 10.3. The van der Waals surface area contributed by atoms with Gasteiger partial charge < -0.3 is 19.5 Å². The molecule has 1 atom stereocenters. The average Bonchev–Trinajstić information content (AvgIpc) is 3.22. The standard InChI is InChI=1S/C20H28N4O3/c1-4-23-9-11-24(12-10-23)15(2)14-21-20(25)18-13-19(27-22-18)16-5-7-17(26-3)8-6-16/h5-8,13,15H,4,9-12,14H2,1-3H3,(H,21,25)/t15-/m0/s1. The van der Waals surface area contributed by atoms with Crippen LogP contribution in [0.1, 0.15) is 24.3 Å². The van der Waals surface area contributed by atoms with Crippen molar-refractivity contribution >= 4 is 5.91 Å². The van der Waals surface area contributed by atoms with Crippen molar-refractivity contribution in [3.05, 3.63) is 36.0 Å². The molecule has 0 radical (unpaired) electrons. The van der Waals surface area contributed by atoms with E-state index in [2.05, 4.69) is 34.1 Å². The number of hydrogen-bond donors (Lipinski definition) is 1. The third kappa shape index (κ3) is 4.87. The maximum atomic E-state index is 12.4. The quantitative estimate of drug-likeness (QED) is 0.803. The Kier molecular flexibility index (Phi) is 6.47. The largest absolute Gasteiger partial charge is 0.497 e. The van der Waals surface area contributed by atoms with Gasteiger partial charge in [0.25, 0.3) is 5.91 Å². The number of benzene rings is 1. The van der Waals surface area contributed by atoms with E-state index in [9.17, 15) is 4.79 Å². The highest BCUT2D eigenvalue weighted by Crippen LogP contribution is 2.23. The first-order chi connectivity index (χ1) is 13.1. The monoisotopic (exact) mass is 372 g/mol. The molecule has 7 nitrogen and oxygen atoms in total. The lowest BCUT2D eigenvalue weighted by Crippen LogP contribution is -2.52. The van der Waals surface area contributed by atoms with Crippen LogP contribution < -0.4 is 10.1 Å². The summed E-state index contributed by atoms with van der Waals surface area (Å²) in [5, 5.41) is 6.88. The SMILES string of the molecule is CCN1CCN([C@@H](C)CNC(=O)c2cc(-c3ccc(OC)cc3)on2)CC1. The summed E-state index contributed by atoms with van der Waals surface area (Å²) in [5.41, 5.74) is 1.15. The number of hydrogen-bond acceptors (Lipinski definition) is 6. The van der Waals surface area contributed by atoms with Crippen molar-refractivity contribution in [1.82, 2.24) is 20.3 Å². The fraction of sp³-hybridized carbons (Fsp3) is 0.500. The van der Waals surface area contributed by atoms with Crippen molar-refractivity contribution in [2.75, 3.05) is 46.4 Å². The third-order valence-corrected chi connectivity index (χ3v) is 5.15. The van der Waals surface area contributed by atoms with Gasteiger partial charge in [0, 0.05) is 50.4 Å². The molecule has 0 spiro atoms. The zero-order valence-corrected chi connectivity index (χ0v) is 16.3. The van der Waals surface area contributed by atoms with E-state index < -0.39 is 0 Å². The lowest BCUT2D eigenvalue weighted by molar-refractivity contribution is 0.0876. The van der Waals surface area contributed by atoms with Gasteiger partial charge >= 0.3 is 0 Å². The van der Waals surface area contributed by atoms with Crippen LogP contribution in [-0.2, 0) is 0 Å². The van der Waals surface area contributed by atoms with Gasteiger partial charge in [-0.1, -0.05) is 12.1 Å². The van der Waals surface area contributed by atoms with Crippen LogP contribution in [0.3, 0.4) is 0 Å². The molecule has 0 saturated carbocycles. The van der Waals surface area contributed by atoms with Crippen LogP contribution in [0.25, 0.3) is 11.3 Å². The summed E-state index contributed by atoms with van der Waals surface area (Å²) in [4.78, 5) is 17.3. The molecule has 2 aromatic rings. The summed E-state index contributed by atoms with van der Waals surface area (Å²) in [7, 11) is 1.62. The summed E-state index contributed by atoms with van der Waals surface area (Å²) in [6.07, 6.45) is 0. The Morgan fingerprint density at radius 3 is 2.59 bits per heavy atom. The molecule has 1 N–H and O–H groups in total. The highest BCUT2D eigenvalue weighted by atomic mass is 16.5. The van der Waals surface area contributed by atoms with Gasteiger partial charge in [-0.05, 0) is 37.7 Å². The molecule has 1 saturated heterocycles. The van der Waals surface area contributed by atoms with E-state index in [4.69, 9.17) is 9.26 Å². The van der Waals surface area contributed by atoms with Crippen LogP contribution in [0.2, 0.25) is 0 Å². The lowest BCUT2D eigenvalue weighted by Gasteiger charge is -2.37. The number of piperazine rings is 1. The molecule has 0 bridgehead atoms. The van der Waals surface area contributed by atoms with Gasteiger partial charge in [-0.15, -0.1) is 0 Å². The maximum absolute atomic E-state index is 12.4. The number of amides is 1. The molecule has 27 heavy (non-hydrogen) atoms. The Balaban J connectivity index is 1.52. The third-order valence-electron chi connectivity index (χ3n) is 5.15. The Hall–Kier alpha value is -2.38. The summed E-state index contributed by atoms with van der Waals surface area (Å²) in [6, 6.07) is 9.40. The van der Waals surface area contributed by atoms with Gasteiger partial charge in [-0.3, -0.25) is 9.69 Å². The number of nitrogens with zero attached hydrogens (tertiary/aromatic N) is 3. The zero-order valence-electron chi connectivity index (χ0n) is 16.3. The average molecular weight is 372 g/mol. The van der Waals surface area contributed by atoms with Crippen molar-refractivity contribution in [2.24, 2.45) is 0 Å².